The van der Waals surface area contributed by atoms with Gasteiger partial charge in [-0.2, -0.15) is 0 Å². The molecule has 1 aromatic carbocycles. The Labute approximate surface area is 97.5 Å². The molecule has 0 aliphatic heterocycles. The molecule has 0 aromatic heterocycles. The van der Waals surface area contributed by atoms with Gasteiger partial charge in [-0.25, -0.2) is 4.39 Å². The highest BCUT2D eigenvalue weighted by Crippen LogP contribution is 2.25. The quantitative estimate of drug-likeness (QED) is 0.630. The molecule has 88 valence electrons. The first-order chi connectivity index (χ1) is 7.54. The number of esters is 1. The maximum atomic E-state index is 12.9. The van der Waals surface area contributed by atoms with Crippen molar-refractivity contribution < 1.29 is 13.9 Å². The van der Waals surface area contributed by atoms with Gasteiger partial charge in [0.2, 0.25) is 0 Å². The van der Waals surface area contributed by atoms with Gasteiger partial charge in [0.25, 0.3) is 0 Å². The zero-order chi connectivity index (χ0) is 12.1. The van der Waals surface area contributed by atoms with Crippen LogP contribution in [-0.4, -0.2) is 19.1 Å². The van der Waals surface area contributed by atoms with Gasteiger partial charge in [0.1, 0.15) is 12.4 Å². The van der Waals surface area contributed by atoms with E-state index in [-0.39, 0.29) is 17.3 Å². The summed E-state index contributed by atoms with van der Waals surface area (Å²) in [6.45, 7) is 1.97. The molecule has 0 amide bonds. The van der Waals surface area contributed by atoms with Crippen molar-refractivity contribution in [2.75, 3.05) is 24.2 Å². The van der Waals surface area contributed by atoms with Gasteiger partial charge in [-0.1, -0.05) is 11.6 Å². The van der Waals surface area contributed by atoms with Gasteiger partial charge in [-0.15, -0.1) is 0 Å². The van der Waals surface area contributed by atoms with Crippen LogP contribution < -0.4 is 11.1 Å². The minimum absolute atomic E-state index is 0.0417. The van der Waals surface area contributed by atoms with Crippen LogP contribution in [0.2, 0.25) is 5.02 Å². The third kappa shape index (κ3) is 3.27. The third-order valence-electron chi connectivity index (χ3n) is 1.82. The fraction of sp³-hybridized carbons (Fsp3) is 0.300. The van der Waals surface area contributed by atoms with Crippen LogP contribution in [0.4, 0.5) is 15.8 Å². The number of nitrogens with one attached hydrogen (secondary N) is 1. The minimum atomic E-state index is -0.596. The van der Waals surface area contributed by atoms with Crippen LogP contribution in [0.3, 0.4) is 0 Å². The number of benzene rings is 1. The number of hydrogen-bond donors (Lipinski definition) is 2. The number of nitrogens with two attached hydrogens (primary N) is 1. The molecule has 0 aliphatic rings. The van der Waals surface area contributed by atoms with Crippen molar-refractivity contribution in [1.29, 1.82) is 0 Å². The summed E-state index contributed by atoms with van der Waals surface area (Å²) in [5.74, 6) is -1.01. The number of ether oxygens (including phenoxy) is 1. The van der Waals surface area contributed by atoms with E-state index in [0.717, 1.165) is 6.07 Å². The number of halogens is 2. The summed E-state index contributed by atoms with van der Waals surface area (Å²) in [6.07, 6.45) is 0. The number of anilines is 2. The van der Waals surface area contributed by atoms with Crippen LogP contribution in [0.25, 0.3) is 0 Å². The smallest absolute Gasteiger partial charge is 0.325 e. The maximum Gasteiger partial charge on any atom is 0.325 e. The van der Waals surface area contributed by atoms with Crippen molar-refractivity contribution in [3.63, 3.8) is 0 Å². The lowest BCUT2D eigenvalue weighted by atomic mass is 10.2. The Bertz CT molecular complexity index is 399. The SMILES string of the molecule is CCOC(=O)CNc1cc(Cl)c(F)cc1N. The molecule has 0 unspecified atom stereocenters. The van der Waals surface area contributed by atoms with Gasteiger partial charge >= 0.3 is 5.97 Å². The molecule has 0 radical (unpaired) electrons. The molecule has 4 nitrogen and oxygen atoms in total. The molecule has 0 saturated heterocycles. The topological polar surface area (TPSA) is 64.3 Å². The molecule has 3 N–H and O–H groups in total. The number of carbonyl (C=O) groups is 1. The fourth-order valence-corrected chi connectivity index (χ4v) is 1.26. The van der Waals surface area contributed by atoms with Crippen LogP contribution >= 0.6 is 11.6 Å². The van der Waals surface area contributed by atoms with E-state index >= 15 is 0 Å². The lowest BCUT2D eigenvalue weighted by molar-refractivity contribution is -0.140. The summed E-state index contributed by atoms with van der Waals surface area (Å²) in [7, 11) is 0. The van der Waals surface area contributed by atoms with Gasteiger partial charge in [-0.05, 0) is 13.0 Å². The summed E-state index contributed by atoms with van der Waals surface area (Å²) >= 11 is 5.58. The fourth-order valence-electron chi connectivity index (χ4n) is 1.09. The second kappa shape index (κ2) is 5.55. The third-order valence-corrected chi connectivity index (χ3v) is 2.11. The zero-order valence-corrected chi connectivity index (χ0v) is 9.47. The summed E-state index contributed by atoms with van der Waals surface area (Å²) < 4.78 is 17.7. The maximum absolute atomic E-state index is 12.9. The van der Waals surface area contributed by atoms with E-state index in [1.807, 2.05) is 0 Å². The molecular weight excluding hydrogens is 235 g/mol. The molecule has 0 fully saturated rings. The molecule has 0 heterocycles. The van der Waals surface area contributed by atoms with Crippen LogP contribution in [0.15, 0.2) is 12.1 Å². The van der Waals surface area contributed by atoms with Crippen molar-refractivity contribution in [3.8, 4) is 0 Å². The van der Waals surface area contributed by atoms with E-state index < -0.39 is 11.8 Å². The average molecular weight is 247 g/mol. The van der Waals surface area contributed by atoms with Gasteiger partial charge in [0.05, 0.1) is 23.0 Å². The molecule has 6 heteroatoms. The van der Waals surface area contributed by atoms with Gasteiger partial charge in [0, 0.05) is 6.07 Å². The van der Waals surface area contributed by atoms with E-state index in [1.165, 1.54) is 6.07 Å². The van der Waals surface area contributed by atoms with E-state index in [2.05, 4.69) is 5.32 Å². The number of carbonyl (C=O) groups excluding carboxylic acids is 1. The summed E-state index contributed by atoms with van der Waals surface area (Å²) in [6, 6.07) is 2.42. The molecule has 0 aliphatic carbocycles. The summed E-state index contributed by atoms with van der Waals surface area (Å²) in [5.41, 5.74) is 6.13. The second-order valence-electron chi connectivity index (χ2n) is 3.01. The Morgan fingerprint density at radius 2 is 2.31 bits per heavy atom. The highest BCUT2D eigenvalue weighted by molar-refractivity contribution is 6.31. The predicted molar refractivity (Wildman–Crippen MR) is 60.9 cm³/mol. The van der Waals surface area contributed by atoms with Crippen LogP contribution in [-0.2, 0) is 9.53 Å². The van der Waals surface area contributed by atoms with Gasteiger partial charge < -0.3 is 15.8 Å². The number of hydrogen-bond acceptors (Lipinski definition) is 4. The molecule has 0 atom stereocenters. The molecular formula is C10H12ClFN2O2. The molecule has 0 bridgehead atoms. The normalized spacial score (nSPS) is 9.94. The average Bonchev–Trinajstić information content (AvgIpc) is 2.22. The van der Waals surface area contributed by atoms with E-state index in [4.69, 9.17) is 22.1 Å². The van der Waals surface area contributed by atoms with Crippen LogP contribution in [0.1, 0.15) is 6.92 Å². The van der Waals surface area contributed by atoms with Gasteiger partial charge in [0.15, 0.2) is 0 Å². The van der Waals surface area contributed by atoms with E-state index in [0.29, 0.717) is 12.3 Å². The molecule has 0 spiro atoms. The largest absolute Gasteiger partial charge is 0.465 e. The van der Waals surface area contributed by atoms with Crippen molar-refractivity contribution >= 4 is 28.9 Å². The van der Waals surface area contributed by atoms with Crippen molar-refractivity contribution in [2.24, 2.45) is 0 Å². The van der Waals surface area contributed by atoms with Crippen molar-refractivity contribution in [3.05, 3.63) is 23.0 Å². The standard InChI is InChI=1S/C10H12ClFN2O2/c1-2-16-10(15)5-14-9-3-6(11)7(12)4-8(9)13/h3-4,14H,2,5,13H2,1H3. The van der Waals surface area contributed by atoms with E-state index in [1.54, 1.807) is 6.92 Å². The Kier molecular flexibility index (Phi) is 4.37. The minimum Gasteiger partial charge on any atom is -0.465 e. The first kappa shape index (κ1) is 12.6. The Morgan fingerprint density at radius 1 is 1.62 bits per heavy atom. The monoisotopic (exact) mass is 246 g/mol. The van der Waals surface area contributed by atoms with E-state index in [9.17, 15) is 9.18 Å². The first-order valence-corrected chi connectivity index (χ1v) is 5.06. The second-order valence-corrected chi connectivity index (χ2v) is 3.42. The Balaban J connectivity index is 2.67. The predicted octanol–water partition coefficient (Wildman–Crippen LogP) is 2.04. The highest BCUT2D eigenvalue weighted by atomic mass is 35.5. The lowest BCUT2D eigenvalue weighted by Gasteiger charge is -2.09. The Morgan fingerprint density at radius 3 is 2.94 bits per heavy atom. The number of rotatable bonds is 4. The molecule has 16 heavy (non-hydrogen) atoms. The molecule has 1 rings (SSSR count). The lowest BCUT2D eigenvalue weighted by Crippen LogP contribution is -2.17. The van der Waals surface area contributed by atoms with Crippen molar-refractivity contribution in [1.82, 2.24) is 0 Å². The van der Waals surface area contributed by atoms with Crippen LogP contribution in [0, 0.1) is 5.82 Å². The van der Waals surface area contributed by atoms with Gasteiger partial charge in [-0.3, -0.25) is 4.79 Å². The zero-order valence-electron chi connectivity index (χ0n) is 8.72. The van der Waals surface area contributed by atoms with Crippen molar-refractivity contribution in [2.45, 2.75) is 6.92 Å². The first-order valence-electron chi connectivity index (χ1n) is 4.68. The number of nitrogen functional groups attached to an aromatic ring is 1. The summed E-state index contributed by atoms with van der Waals surface area (Å²) in [5, 5.41) is 2.66. The Hall–Kier alpha value is -1.49. The highest BCUT2D eigenvalue weighted by Gasteiger charge is 2.07. The summed E-state index contributed by atoms with van der Waals surface area (Å²) in [4.78, 5) is 11.0. The van der Waals surface area contributed by atoms with Crippen LogP contribution in [0.5, 0.6) is 0 Å². The molecule has 1 aromatic rings. The molecule has 0 saturated carbocycles.